The van der Waals surface area contributed by atoms with Crippen LogP contribution in [0.25, 0.3) is 10.9 Å². The molecule has 1 aliphatic carbocycles. The van der Waals surface area contributed by atoms with Crippen LogP contribution in [-0.4, -0.2) is 35.1 Å². The standard InChI is InChI=1S/C25H30N2O2/c1-27(2)25(19-8-4-3-5-9-19)16-14-18(15-17-25)24-21(12-13-23(28)29)20-10-6-7-11-22(20)26-24/h3-11,18,26H,12-17H2,1-2H3,(H,28,29). The van der Waals surface area contributed by atoms with Crippen LogP contribution < -0.4 is 0 Å². The van der Waals surface area contributed by atoms with Crippen LogP contribution in [0.1, 0.15) is 54.8 Å². The van der Waals surface area contributed by atoms with Crippen LogP contribution in [0.15, 0.2) is 54.6 Å². The Morgan fingerprint density at radius 1 is 1.07 bits per heavy atom. The van der Waals surface area contributed by atoms with Crippen molar-refractivity contribution in [3.8, 4) is 0 Å². The van der Waals surface area contributed by atoms with E-state index in [4.69, 9.17) is 0 Å². The summed E-state index contributed by atoms with van der Waals surface area (Å²) in [5.41, 5.74) is 5.05. The molecular weight excluding hydrogens is 360 g/mol. The third kappa shape index (κ3) is 3.69. The molecule has 1 saturated carbocycles. The molecule has 1 fully saturated rings. The van der Waals surface area contributed by atoms with Crippen LogP contribution in [0.2, 0.25) is 0 Å². The van der Waals surface area contributed by atoms with E-state index in [1.54, 1.807) is 0 Å². The number of fused-ring (bicyclic) bond motifs is 1. The lowest BCUT2D eigenvalue weighted by Crippen LogP contribution is -2.44. The molecule has 1 heterocycles. The van der Waals surface area contributed by atoms with Gasteiger partial charge in [-0.1, -0.05) is 48.5 Å². The number of rotatable bonds is 6. The monoisotopic (exact) mass is 390 g/mol. The fraction of sp³-hybridized carbons (Fsp3) is 0.400. The van der Waals surface area contributed by atoms with Crippen LogP contribution in [-0.2, 0) is 16.8 Å². The summed E-state index contributed by atoms with van der Waals surface area (Å²) in [7, 11) is 4.38. The van der Waals surface area contributed by atoms with E-state index in [1.165, 1.54) is 22.2 Å². The van der Waals surface area contributed by atoms with Crippen LogP contribution in [0.3, 0.4) is 0 Å². The Balaban J connectivity index is 1.63. The zero-order valence-corrected chi connectivity index (χ0v) is 17.3. The molecule has 0 radical (unpaired) electrons. The number of aryl methyl sites for hydroxylation is 1. The lowest BCUT2D eigenvalue weighted by molar-refractivity contribution is -0.136. The first kappa shape index (κ1) is 19.7. The Labute approximate surface area is 172 Å². The summed E-state index contributed by atoms with van der Waals surface area (Å²) in [4.78, 5) is 17.3. The predicted molar refractivity (Wildman–Crippen MR) is 117 cm³/mol. The largest absolute Gasteiger partial charge is 0.481 e. The quantitative estimate of drug-likeness (QED) is 0.600. The second-order valence-electron chi connectivity index (χ2n) is 8.52. The van der Waals surface area contributed by atoms with Crippen molar-refractivity contribution in [3.05, 3.63) is 71.4 Å². The van der Waals surface area contributed by atoms with E-state index in [0.717, 1.165) is 31.2 Å². The normalized spacial score (nSPS) is 22.2. The smallest absolute Gasteiger partial charge is 0.303 e. The lowest BCUT2D eigenvalue weighted by Gasteiger charge is -2.45. The molecule has 0 spiro atoms. The third-order valence-corrected chi connectivity index (χ3v) is 6.82. The molecule has 4 heteroatoms. The Kier molecular flexibility index (Phi) is 5.46. The highest BCUT2D eigenvalue weighted by atomic mass is 16.4. The van der Waals surface area contributed by atoms with E-state index >= 15 is 0 Å². The van der Waals surface area contributed by atoms with Gasteiger partial charge in [0.2, 0.25) is 0 Å². The third-order valence-electron chi connectivity index (χ3n) is 6.82. The minimum Gasteiger partial charge on any atom is -0.481 e. The fourth-order valence-corrected chi connectivity index (χ4v) is 5.20. The first-order valence-corrected chi connectivity index (χ1v) is 10.6. The summed E-state index contributed by atoms with van der Waals surface area (Å²) in [6, 6.07) is 19.1. The van der Waals surface area contributed by atoms with Crippen molar-refractivity contribution in [2.75, 3.05) is 14.1 Å². The molecule has 0 aliphatic heterocycles. The number of H-pyrrole nitrogens is 1. The molecule has 0 atom stereocenters. The maximum Gasteiger partial charge on any atom is 0.303 e. The second kappa shape index (κ2) is 8.03. The van der Waals surface area contributed by atoms with Gasteiger partial charge in [0.05, 0.1) is 0 Å². The van der Waals surface area contributed by atoms with Crippen molar-refractivity contribution in [1.29, 1.82) is 0 Å². The van der Waals surface area contributed by atoms with Gasteiger partial charge in [-0.05, 0) is 69.3 Å². The van der Waals surface area contributed by atoms with E-state index in [2.05, 4.69) is 66.4 Å². The summed E-state index contributed by atoms with van der Waals surface area (Å²) in [5, 5.41) is 10.4. The molecule has 1 aromatic heterocycles. The Hall–Kier alpha value is -2.59. The zero-order chi connectivity index (χ0) is 20.4. The Bertz CT molecular complexity index is 982. The van der Waals surface area contributed by atoms with Gasteiger partial charge in [-0.3, -0.25) is 9.69 Å². The second-order valence-corrected chi connectivity index (χ2v) is 8.52. The van der Waals surface area contributed by atoms with E-state index in [0.29, 0.717) is 12.3 Å². The summed E-state index contributed by atoms with van der Waals surface area (Å²) in [6.07, 6.45) is 5.15. The number of hydrogen-bond donors (Lipinski definition) is 2. The molecule has 2 N–H and O–H groups in total. The minimum atomic E-state index is -0.736. The number of nitrogens with one attached hydrogen (secondary N) is 1. The van der Waals surface area contributed by atoms with E-state index < -0.39 is 5.97 Å². The maximum absolute atomic E-state index is 11.2. The van der Waals surface area contributed by atoms with E-state index in [1.807, 2.05) is 12.1 Å². The van der Waals surface area contributed by atoms with Crippen molar-refractivity contribution < 1.29 is 9.90 Å². The molecule has 0 unspecified atom stereocenters. The molecule has 0 amide bonds. The van der Waals surface area contributed by atoms with Gasteiger partial charge in [-0.15, -0.1) is 0 Å². The summed E-state index contributed by atoms with van der Waals surface area (Å²) < 4.78 is 0. The number of nitrogens with zero attached hydrogens (tertiary/aromatic N) is 1. The molecule has 0 bridgehead atoms. The first-order chi connectivity index (χ1) is 14.0. The molecular formula is C25H30N2O2. The molecule has 29 heavy (non-hydrogen) atoms. The zero-order valence-electron chi connectivity index (χ0n) is 17.3. The lowest BCUT2D eigenvalue weighted by atomic mass is 9.70. The van der Waals surface area contributed by atoms with Crippen molar-refractivity contribution in [1.82, 2.24) is 9.88 Å². The number of hydrogen-bond acceptors (Lipinski definition) is 2. The highest BCUT2D eigenvalue weighted by molar-refractivity contribution is 5.85. The van der Waals surface area contributed by atoms with Gasteiger partial charge in [0.25, 0.3) is 0 Å². The highest BCUT2D eigenvalue weighted by Gasteiger charge is 2.39. The highest BCUT2D eigenvalue weighted by Crippen LogP contribution is 2.47. The first-order valence-electron chi connectivity index (χ1n) is 10.6. The average Bonchev–Trinajstić information content (AvgIpc) is 3.11. The number of aliphatic carboxylic acids is 1. The number of aromatic nitrogens is 1. The number of carboxylic acid groups (broad SMARTS) is 1. The number of carbonyl (C=O) groups is 1. The minimum absolute atomic E-state index is 0.0744. The number of benzene rings is 2. The van der Waals surface area contributed by atoms with Crippen molar-refractivity contribution in [2.24, 2.45) is 0 Å². The molecule has 2 aromatic carbocycles. The molecule has 4 rings (SSSR count). The molecule has 3 aromatic rings. The van der Waals surface area contributed by atoms with Gasteiger partial charge in [0, 0.05) is 28.6 Å². The summed E-state index contributed by atoms with van der Waals surface area (Å²) >= 11 is 0. The van der Waals surface area contributed by atoms with Gasteiger partial charge in [-0.25, -0.2) is 0 Å². The van der Waals surface area contributed by atoms with Gasteiger partial charge < -0.3 is 10.1 Å². The number of aromatic amines is 1. The maximum atomic E-state index is 11.2. The number of para-hydroxylation sites is 1. The molecule has 152 valence electrons. The van der Waals surface area contributed by atoms with Crippen molar-refractivity contribution in [2.45, 2.75) is 50.0 Å². The van der Waals surface area contributed by atoms with Gasteiger partial charge >= 0.3 is 5.97 Å². The van der Waals surface area contributed by atoms with Gasteiger partial charge in [0.15, 0.2) is 0 Å². The van der Waals surface area contributed by atoms with E-state index in [9.17, 15) is 9.90 Å². The average molecular weight is 391 g/mol. The molecule has 4 nitrogen and oxygen atoms in total. The van der Waals surface area contributed by atoms with Gasteiger partial charge in [-0.2, -0.15) is 0 Å². The van der Waals surface area contributed by atoms with E-state index in [-0.39, 0.29) is 12.0 Å². The van der Waals surface area contributed by atoms with Gasteiger partial charge in [0.1, 0.15) is 0 Å². The molecule has 0 saturated heterocycles. The van der Waals surface area contributed by atoms with Crippen LogP contribution >= 0.6 is 0 Å². The van der Waals surface area contributed by atoms with Crippen LogP contribution in [0, 0.1) is 0 Å². The van der Waals surface area contributed by atoms with Crippen LogP contribution in [0.4, 0.5) is 0 Å². The summed E-state index contributed by atoms with van der Waals surface area (Å²) in [5.74, 6) is -0.288. The van der Waals surface area contributed by atoms with Crippen molar-refractivity contribution in [3.63, 3.8) is 0 Å². The van der Waals surface area contributed by atoms with Crippen molar-refractivity contribution >= 4 is 16.9 Å². The predicted octanol–water partition coefficient (Wildman–Crippen LogP) is 5.30. The fourth-order valence-electron chi connectivity index (χ4n) is 5.20. The van der Waals surface area contributed by atoms with Crippen LogP contribution in [0.5, 0.6) is 0 Å². The number of carboxylic acids is 1. The topological polar surface area (TPSA) is 56.3 Å². The molecule has 1 aliphatic rings. The SMILES string of the molecule is CN(C)C1(c2ccccc2)CCC(c2[nH]c3ccccc3c2CCC(=O)O)CC1. The Morgan fingerprint density at radius 2 is 1.72 bits per heavy atom. The summed E-state index contributed by atoms with van der Waals surface area (Å²) in [6.45, 7) is 0. The Morgan fingerprint density at radius 3 is 2.38 bits per heavy atom.